The second-order valence-electron chi connectivity index (χ2n) is 1.94. The second kappa shape index (κ2) is 4.71. The topological polar surface area (TPSA) is 38.7 Å². The molecule has 1 aromatic rings. The summed E-state index contributed by atoms with van der Waals surface area (Å²) < 4.78 is 0. The van der Waals surface area contributed by atoms with Gasteiger partial charge in [0.2, 0.25) is 0 Å². The van der Waals surface area contributed by atoms with Gasteiger partial charge < -0.3 is 9.99 Å². The highest BCUT2D eigenvalue weighted by Crippen LogP contribution is 2.07. The highest BCUT2D eigenvalue weighted by Gasteiger charge is 1.89. The molecule has 0 spiro atoms. The summed E-state index contributed by atoms with van der Waals surface area (Å²) in [5, 5.41) is 8.34. The molecule has 11 heavy (non-hydrogen) atoms. The van der Waals surface area contributed by atoms with E-state index < -0.39 is 0 Å². The van der Waals surface area contributed by atoms with Gasteiger partial charge in [-0.3, -0.25) is 0 Å². The lowest BCUT2D eigenvalue weighted by molar-refractivity contribution is -0.212. The molecule has 3 nitrogen and oxygen atoms in total. The Morgan fingerprint density at radius 3 is 2.55 bits per heavy atom. The lowest BCUT2D eigenvalue weighted by atomic mass is 10.3. The van der Waals surface area contributed by atoms with Crippen molar-refractivity contribution in [3.8, 4) is 5.75 Å². The predicted octanol–water partition coefficient (Wildman–Crippen LogP) is 0.989. The summed E-state index contributed by atoms with van der Waals surface area (Å²) in [6.45, 7) is 0.154. The third-order valence-electron chi connectivity index (χ3n) is 1.07. The lowest BCUT2D eigenvalue weighted by Gasteiger charge is -2.01. The maximum Gasteiger partial charge on any atom is 0.165 e. The molecular weight excluding hydrogens is 144 g/mol. The summed E-state index contributed by atoms with van der Waals surface area (Å²) in [6.07, 6.45) is 0. The van der Waals surface area contributed by atoms with E-state index in [0.29, 0.717) is 5.75 Å². The van der Waals surface area contributed by atoms with Gasteiger partial charge in [-0.05, 0) is 12.1 Å². The Labute approximate surface area is 65.1 Å². The molecule has 0 amide bonds. The SMILES string of the molecule is OCCOOc1ccccc1. The zero-order chi connectivity index (χ0) is 7.94. The normalized spacial score (nSPS) is 9.55. The minimum Gasteiger partial charge on any atom is -0.394 e. The molecule has 60 valence electrons. The maximum absolute atomic E-state index is 8.34. The van der Waals surface area contributed by atoms with Crippen LogP contribution in [-0.4, -0.2) is 18.3 Å². The van der Waals surface area contributed by atoms with Gasteiger partial charge in [-0.2, -0.15) is 4.89 Å². The van der Waals surface area contributed by atoms with Crippen molar-refractivity contribution in [2.24, 2.45) is 0 Å². The molecule has 3 heteroatoms. The van der Waals surface area contributed by atoms with E-state index in [1.54, 1.807) is 12.1 Å². The maximum atomic E-state index is 8.34. The van der Waals surface area contributed by atoms with Crippen LogP contribution in [0.15, 0.2) is 30.3 Å². The smallest absolute Gasteiger partial charge is 0.165 e. The number of benzene rings is 1. The Hall–Kier alpha value is -1.06. The van der Waals surface area contributed by atoms with Gasteiger partial charge in [0.05, 0.1) is 6.61 Å². The van der Waals surface area contributed by atoms with Gasteiger partial charge in [-0.25, -0.2) is 0 Å². The van der Waals surface area contributed by atoms with E-state index in [9.17, 15) is 0 Å². The third-order valence-corrected chi connectivity index (χ3v) is 1.07. The van der Waals surface area contributed by atoms with Gasteiger partial charge in [0.15, 0.2) is 5.75 Å². The van der Waals surface area contributed by atoms with E-state index >= 15 is 0 Å². The first-order chi connectivity index (χ1) is 5.43. The predicted molar refractivity (Wildman–Crippen MR) is 40.1 cm³/mol. The van der Waals surface area contributed by atoms with Crippen molar-refractivity contribution in [2.45, 2.75) is 0 Å². The molecule has 0 heterocycles. The first kappa shape index (κ1) is 8.04. The summed E-state index contributed by atoms with van der Waals surface area (Å²) in [6, 6.07) is 9.13. The van der Waals surface area contributed by atoms with Gasteiger partial charge in [0.25, 0.3) is 0 Å². The van der Waals surface area contributed by atoms with Crippen LogP contribution in [0.5, 0.6) is 5.75 Å². The highest BCUT2D eigenvalue weighted by molar-refractivity contribution is 5.20. The molecule has 1 N–H and O–H groups in total. The van der Waals surface area contributed by atoms with Crippen LogP contribution in [0, 0.1) is 0 Å². The zero-order valence-electron chi connectivity index (χ0n) is 6.06. The molecule has 1 aromatic carbocycles. The lowest BCUT2D eigenvalue weighted by Crippen LogP contribution is -2.02. The van der Waals surface area contributed by atoms with E-state index in [-0.39, 0.29) is 13.2 Å². The molecule has 0 saturated carbocycles. The van der Waals surface area contributed by atoms with Crippen LogP contribution in [0.3, 0.4) is 0 Å². The van der Waals surface area contributed by atoms with Crippen LogP contribution in [0.2, 0.25) is 0 Å². The second-order valence-corrected chi connectivity index (χ2v) is 1.94. The number of hydrogen-bond donors (Lipinski definition) is 1. The zero-order valence-corrected chi connectivity index (χ0v) is 6.06. The average Bonchev–Trinajstić information content (AvgIpc) is 2.07. The van der Waals surface area contributed by atoms with Gasteiger partial charge in [-0.1, -0.05) is 18.2 Å². The monoisotopic (exact) mass is 154 g/mol. The van der Waals surface area contributed by atoms with E-state index in [1.807, 2.05) is 18.2 Å². The van der Waals surface area contributed by atoms with E-state index in [0.717, 1.165) is 0 Å². The van der Waals surface area contributed by atoms with Crippen LogP contribution in [0.4, 0.5) is 0 Å². The van der Waals surface area contributed by atoms with E-state index in [2.05, 4.69) is 4.89 Å². The minimum atomic E-state index is -0.0349. The van der Waals surface area contributed by atoms with Crippen molar-refractivity contribution in [3.05, 3.63) is 30.3 Å². The quantitative estimate of drug-likeness (QED) is 0.399. The Morgan fingerprint density at radius 2 is 1.91 bits per heavy atom. The summed E-state index contributed by atoms with van der Waals surface area (Å²) >= 11 is 0. The highest BCUT2D eigenvalue weighted by atomic mass is 17.2. The van der Waals surface area contributed by atoms with E-state index in [1.165, 1.54) is 0 Å². The van der Waals surface area contributed by atoms with Crippen LogP contribution >= 0.6 is 0 Å². The van der Waals surface area contributed by atoms with Gasteiger partial charge in [-0.15, -0.1) is 0 Å². The summed E-state index contributed by atoms with van der Waals surface area (Å²) in [7, 11) is 0. The van der Waals surface area contributed by atoms with Crippen LogP contribution in [0.25, 0.3) is 0 Å². The number of para-hydroxylation sites is 1. The average molecular weight is 154 g/mol. The molecule has 0 aromatic heterocycles. The molecule has 0 fully saturated rings. The van der Waals surface area contributed by atoms with Crippen LogP contribution < -0.4 is 4.89 Å². The molecule has 0 aliphatic rings. The molecule has 0 bridgehead atoms. The molecule has 0 radical (unpaired) electrons. The third kappa shape index (κ3) is 3.02. The molecule has 0 aliphatic heterocycles. The number of rotatable bonds is 4. The van der Waals surface area contributed by atoms with Crippen molar-refractivity contribution in [1.29, 1.82) is 0 Å². The number of aliphatic hydroxyl groups excluding tert-OH is 1. The summed E-state index contributed by atoms with van der Waals surface area (Å²) in [5.41, 5.74) is 0. The van der Waals surface area contributed by atoms with Gasteiger partial charge in [0, 0.05) is 0 Å². The number of hydrogen-bond acceptors (Lipinski definition) is 3. The van der Waals surface area contributed by atoms with Crippen molar-refractivity contribution in [1.82, 2.24) is 0 Å². The van der Waals surface area contributed by atoms with Gasteiger partial charge >= 0.3 is 0 Å². The number of aliphatic hydroxyl groups is 1. The largest absolute Gasteiger partial charge is 0.394 e. The molecule has 0 aliphatic carbocycles. The van der Waals surface area contributed by atoms with Crippen LogP contribution in [0.1, 0.15) is 0 Å². The van der Waals surface area contributed by atoms with Gasteiger partial charge in [0.1, 0.15) is 6.61 Å². The van der Waals surface area contributed by atoms with Crippen molar-refractivity contribution in [2.75, 3.05) is 13.2 Å². The fourth-order valence-electron chi connectivity index (χ4n) is 0.623. The van der Waals surface area contributed by atoms with E-state index in [4.69, 9.17) is 9.99 Å². The molecule has 0 unspecified atom stereocenters. The van der Waals surface area contributed by atoms with Crippen molar-refractivity contribution in [3.63, 3.8) is 0 Å². The standard InChI is InChI=1S/C8H10O3/c9-6-7-10-11-8-4-2-1-3-5-8/h1-5,9H,6-7H2. The fraction of sp³-hybridized carbons (Fsp3) is 0.250. The van der Waals surface area contributed by atoms with Crippen molar-refractivity contribution >= 4 is 0 Å². The van der Waals surface area contributed by atoms with Crippen LogP contribution in [-0.2, 0) is 4.89 Å². The molecule has 1 rings (SSSR count). The minimum absolute atomic E-state index is 0.0349. The fourth-order valence-corrected chi connectivity index (χ4v) is 0.623. The summed E-state index contributed by atoms with van der Waals surface area (Å²) in [4.78, 5) is 9.41. The van der Waals surface area contributed by atoms with Crippen molar-refractivity contribution < 1.29 is 14.9 Å². The Morgan fingerprint density at radius 1 is 1.18 bits per heavy atom. The first-order valence-corrected chi connectivity index (χ1v) is 3.39. The molecule has 0 atom stereocenters. The first-order valence-electron chi connectivity index (χ1n) is 3.39. The molecule has 0 saturated heterocycles. The summed E-state index contributed by atoms with van der Waals surface area (Å²) in [5.74, 6) is 0.640. The molecular formula is C8H10O3. The Kier molecular flexibility index (Phi) is 3.44. The Bertz CT molecular complexity index is 186. The Balaban J connectivity index is 2.28.